The monoisotopic (exact) mass is 465 g/mol. The van der Waals surface area contributed by atoms with E-state index in [1.165, 1.54) is 25.9 Å². The molecule has 3 heteroatoms. The summed E-state index contributed by atoms with van der Waals surface area (Å²) < 4.78 is 2.47. The largest absolute Gasteiger partial charge is 0.377 e. The first-order valence-electron chi connectivity index (χ1n) is 7.62. The van der Waals surface area contributed by atoms with Gasteiger partial charge in [0.1, 0.15) is 0 Å². The van der Waals surface area contributed by atoms with Gasteiger partial charge in [0, 0.05) is 19.6 Å². The number of aryl methyl sites for hydroxylation is 1. The zero-order valence-corrected chi connectivity index (χ0v) is 16.1. The highest BCUT2D eigenvalue weighted by Gasteiger charge is 2.38. The summed E-state index contributed by atoms with van der Waals surface area (Å²) in [6.45, 7) is 2.21. The summed E-state index contributed by atoms with van der Waals surface area (Å²) in [7, 11) is 0. The molecule has 0 radical (unpaired) electrons. The van der Waals surface area contributed by atoms with Gasteiger partial charge >= 0.3 is 0 Å². The fourth-order valence-corrected chi connectivity index (χ4v) is 4.91. The molecule has 0 amide bonds. The zero-order valence-electron chi connectivity index (χ0n) is 12.3. The van der Waals surface area contributed by atoms with Gasteiger partial charge in [0.05, 0.1) is 6.04 Å². The lowest BCUT2D eigenvalue weighted by Gasteiger charge is -2.38. The molecule has 0 saturated heterocycles. The quantitative estimate of drug-likeness (QED) is 0.391. The molecule has 1 aliphatic carbocycles. The van der Waals surface area contributed by atoms with Gasteiger partial charge in [-0.15, -0.1) is 0 Å². The van der Waals surface area contributed by atoms with Crippen LogP contribution in [0.1, 0.15) is 35.1 Å². The van der Waals surface area contributed by atoms with E-state index in [0.29, 0.717) is 17.9 Å². The first-order chi connectivity index (χ1) is 10.6. The third-order valence-corrected chi connectivity index (χ3v) is 6.01. The predicted octanol–water partition coefficient (Wildman–Crippen LogP) is 6.19. The molecule has 0 fully saturated rings. The molecular formula is C19H17BrIN. The highest BCUT2D eigenvalue weighted by Crippen LogP contribution is 2.50. The third kappa shape index (κ3) is 2.42. The molecule has 0 saturated carbocycles. The number of rotatable bonds is 1. The van der Waals surface area contributed by atoms with Crippen molar-refractivity contribution in [1.29, 1.82) is 0 Å². The van der Waals surface area contributed by atoms with Crippen LogP contribution in [0.4, 0.5) is 5.69 Å². The normalized spacial score (nSPS) is 25.5. The molecule has 2 aromatic carbocycles. The van der Waals surface area contributed by atoms with Crippen LogP contribution in [0.3, 0.4) is 0 Å². The van der Waals surface area contributed by atoms with Gasteiger partial charge < -0.3 is 5.32 Å². The van der Waals surface area contributed by atoms with Crippen LogP contribution in [-0.4, -0.2) is 0 Å². The number of hydrogen-bond donors (Lipinski definition) is 1. The van der Waals surface area contributed by atoms with E-state index in [1.54, 1.807) is 0 Å². The smallest absolute Gasteiger partial charge is 0.0554 e. The maximum Gasteiger partial charge on any atom is 0.0554 e. The Morgan fingerprint density at radius 1 is 1.18 bits per heavy atom. The number of halogens is 2. The van der Waals surface area contributed by atoms with Crippen LogP contribution < -0.4 is 5.32 Å². The van der Waals surface area contributed by atoms with Crippen LogP contribution in [-0.2, 0) is 0 Å². The van der Waals surface area contributed by atoms with Crippen molar-refractivity contribution in [3.05, 3.63) is 73.3 Å². The minimum absolute atomic E-state index is 0.388. The first-order valence-corrected chi connectivity index (χ1v) is 9.49. The minimum Gasteiger partial charge on any atom is -0.377 e. The molecule has 1 N–H and O–H groups in total. The average molecular weight is 466 g/mol. The molecule has 2 aliphatic rings. The summed E-state index contributed by atoms with van der Waals surface area (Å²) in [5.41, 5.74) is 5.53. The highest BCUT2D eigenvalue weighted by molar-refractivity contribution is 14.1. The van der Waals surface area contributed by atoms with Crippen LogP contribution in [0.2, 0.25) is 0 Å². The van der Waals surface area contributed by atoms with Crippen LogP contribution in [0.5, 0.6) is 0 Å². The third-order valence-electron chi connectivity index (χ3n) is 4.86. The van der Waals surface area contributed by atoms with Crippen molar-refractivity contribution in [2.24, 2.45) is 5.92 Å². The van der Waals surface area contributed by atoms with E-state index in [2.05, 4.69) is 99.3 Å². The lowest BCUT2D eigenvalue weighted by molar-refractivity contribution is 0.425. The topological polar surface area (TPSA) is 12.0 Å². The Morgan fingerprint density at radius 2 is 1.95 bits per heavy atom. The Hall–Kier alpha value is -0.810. The standard InChI is InChI=1S/C19H17BrIN/c1-11-9-14(21)10-17-15-3-2-4-16(15)19(22-18(11)17)12-5-7-13(20)8-6-12/h2-3,5-10,15-16,19,22H,4H2,1H3. The first kappa shape index (κ1) is 14.8. The molecule has 1 heterocycles. The number of nitrogens with one attached hydrogen (secondary N) is 1. The zero-order chi connectivity index (χ0) is 15.3. The van der Waals surface area contributed by atoms with Gasteiger partial charge in [0.15, 0.2) is 0 Å². The van der Waals surface area contributed by atoms with Crippen molar-refractivity contribution in [2.75, 3.05) is 5.32 Å². The van der Waals surface area contributed by atoms with Crippen molar-refractivity contribution < 1.29 is 0 Å². The molecular weight excluding hydrogens is 449 g/mol. The molecule has 1 nitrogen and oxygen atoms in total. The van der Waals surface area contributed by atoms with E-state index in [1.807, 2.05) is 0 Å². The maximum absolute atomic E-state index is 3.84. The second-order valence-corrected chi connectivity index (χ2v) is 8.38. The van der Waals surface area contributed by atoms with Crippen molar-refractivity contribution in [3.63, 3.8) is 0 Å². The van der Waals surface area contributed by atoms with E-state index in [0.717, 1.165) is 10.9 Å². The van der Waals surface area contributed by atoms with Gasteiger partial charge in [0.25, 0.3) is 0 Å². The van der Waals surface area contributed by atoms with Crippen molar-refractivity contribution in [3.8, 4) is 0 Å². The predicted molar refractivity (Wildman–Crippen MR) is 104 cm³/mol. The summed E-state index contributed by atoms with van der Waals surface area (Å²) in [6.07, 6.45) is 5.92. The molecule has 0 spiro atoms. The Balaban J connectivity index is 1.82. The highest BCUT2D eigenvalue weighted by atomic mass is 127. The SMILES string of the molecule is Cc1cc(I)cc2c1NC(c1ccc(Br)cc1)C1CC=CC21. The summed E-state index contributed by atoms with van der Waals surface area (Å²) in [5, 5.41) is 3.84. The van der Waals surface area contributed by atoms with E-state index < -0.39 is 0 Å². The number of fused-ring (bicyclic) bond motifs is 3. The van der Waals surface area contributed by atoms with E-state index in [-0.39, 0.29) is 0 Å². The van der Waals surface area contributed by atoms with Gasteiger partial charge in [-0.3, -0.25) is 0 Å². The molecule has 0 bridgehead atoms. The van der Waals surface area contributed by atoms with E-state index in [4.69, 9.17) is 0 Å². The summed E-state index contributed by atoms with van der Waals surface area (Å²) in [4.78, 5) is 0. The Bertz CT molecular complexity index is 751. The van der Waals surface area contributed by atoms with Crippen LogP contribution in [0.25, 0.3) is 0 Å². The molecule has 2 aromatic rings. The van der Waals surface area contributed by atoms with Gasteiger partial charge in [-0.25, -0.2) is 0 Å². The van der Waals surface area contributed by atoms with Crippen LogP contribution in [0, 0.1) is 16.4 Å². The summed E-state index contributed by atoms with van der Waals surface area (Å²) in [6, 6.07) is 13.8. The summed E-state index contributed by atoms with van der Waals surface area (Å²) in [5.74, 6) is 1.16. The second-order valence-electron chi connectivity index (χ2n) is 6.21. The van der Waals surface area contributed by atoms with Gasteiger partial charge in [-0.05, 0) is 82.8 Å². The molecule has 3 atom stereocenters. The van der Waals surface area contributed by atoms with Gasteiger partial charge in [-0.2, -0.15) is 0 Å². The molecule has 0 aromatic heterocycles. The summed E-state index contributed by atoms with van der Waals surface area (Å²) >= 11 is 5.97. The number of benzene rings is 2. The van der Waals surface area contributed by atoms with E-state index in [9.17, 15) is 0 Å². The van der Waals surface area contributed by atoms with Gasteiger partial charge in [0.2, 0.25) is 0 Å². The van der Waals surface area contributed by atoms with Crippen LogP contribution in [0.15, 0.2) is 53.0 Å². The van der Waals surface area contributed by atoms with Gasteiger partial charge in [-0.1, -0.05) is 40.2 Å². The second kappa shape index (κ2) is 5.68. The molecule has 112 valence electrons. The fraction of sp³-hybridized carbons (Fsp3) is 0.263. The Kier molecular flexibility index (Phi) is 3.81. The van der Waals surface area contributed by atoms with Crippen molar-refractivity contribution in [1.82, 2.24) is 0 Å². The molecule has 3 unspecified atom stereocenters. The van der Waals surface area contributed by atoms with Crippen molar-refractivity contribution in [2.45, 2.75) is 25.3 Å². The fourth-order valence-electron chi connectivity index (χ4n) is 3.84. The number of hydrogen-bond acceptors (Lipinski definition) is 1. The lowest BCUT2D eigenvalue weighted by atomic mass is 9.76. The Morgan fingerprint density at radius 3 is 2.73 bits per heavy atom. The number of anilines is 1. The maximum atomic E-state index is 3.84. The van der Waals surface area contributed by atoms with Crippen LogP contribution >= 0.6 is 38.5 Å². The van der Waals surface area contributed by atoms with E-state index >= 15 is 0 Å². The average Bonchev–Trinajstić information content (AvgIpc) is 2.97. The van der Waals surface area contributed by atoms with Crippen molar-refractivity contribution >= 4 is 44.2 Å². The minimum atomic E-state index is 0.388. The molecule has 1 aliphatic heterocycles. The Labute approximate surface area is 153 Å². The molecule has 22 heavy (non-hydrogen) atoms. The number of allylic oxidation sites excluding steroid dienone is 2. The lowest BCUT2D eigenvalue weighted by Crippen LogP contribution is -2.29. The molecule has 4 rings (SSSR count).